The normalized spacial score (nSPS) is 17.7. The van der Waals surface area contributed by atoms with Gasteiger partial charge in [0.15, 0.2) is 23.2 Å². The van der Waals surface area contributed by atoms with Gasteiger partial charge in [-0.25, -0.2) is 13.2 Å². The zero-order chi connectivity index (χ0) is 26.4. The molecule has 1 aliphatic heterocycles. The Balaban J connectivity index is 1.48. The summed E-state index contributed by atoms with van der Waals surface area (Å²) in [7, 11) is 0. The van der Waals surface area contributed by atoms with Crippen molar-refractivity contribution in [1.82, 2.24) is 0 Å². The van der Waals surface area contributed by atoms with Crippen molar-refractivity contribution in [3.05, 3.63) is 77.4 Å². The topological polar surface area (TPSA) is 18.5 Å². The summed E-state index contributed by atoms with van der Waals surface area (Å²) in [6, 6.07) is 12.3. The summed E-state index contributed by atoms with van der Waals surface area (Å²) in [6.45, 7) is 4.91. The standard InChI is InChI=1S/C31H34F4O2/c1-3-5-6-7-20-8-16-26(37-19-20)25-14-13-23(28(32)30(25)34)21-9-11-22(12-10-21)24-15-17-27(36-18-4-2)31(35)29(24)33/h9-15,17,20,26H,3-8,16,18-19H2,1-2H3. The molecule has 6 heteroatoms. The molecule has 2 atom stereocenters. The minimum atomic E-state index is -1.05. The largest absolute Gasteiger partial charge is 0.490 e. The van der Waals surface area contributed by atoms with E-state index >= 15 is 8.78 Å². The Morgan fingerprint density at radius 2 is 1.38 bits per heavy atom. The minimum absolute atomic E-state index is 0.0670. The molecule has 4 rings (SSSR count). The molecule has 3 aromatic rings. The zero-order valence-electron chi connectivity index (χ0n) is 21.5. The summed E-state index contributed by atoms with van der Waals surface area (Å²) < 4.78 is 70.4. The van der Waals surface area contributed by atoms with E-state index in [0.717, 1.165) is 12.8 Å². The number of unbranched alkanes of at least 4 members (excludes halogenated alkanes) is 2. The van der Waals surface area contributed by atoms with Gasteiger partial charge >= 0.3 is 0 Å². The second-order valence-electron chi connectivity index (χ2n) is 9.76. The summed E-state index contributed by atoms with van der Waals surface area (Å²) in [6.07, 6.45) is 6.51. The first-order valence-electron chi connectivity index (χ1n) is 13.3. The second-order valence-corrected chi connectivity index (χ2v) is 9.76. The van der Waals surface area contributed by atoms with Crippen LogP contribution >= 0.6 is 0 Å². The predicted octanol–water partition coefficient (Wildman–Crippen LogP) is 9.41. The molecule has 0 radical (unpaired) electrons. The van der Waals surface area contributed by atoms with Gasteiger partial charge in [-0.2, -0.15) is 4.39 Å². The highest BCUT2D eigenvalue weighted by Crippen LogP contribution is 2.37. The lowest BCUT2D eigenvalue weighted by atomic mass is 9.90. The first-order valence-corrected chi connectivity index (χ1v) is 13.3. The maximum atomic E-state index is 15.1. The first-order chi connectivity index (χ1) is 17.9. The van der Waals surface area contributed by atoms with Crippen molar-refractivity contribution in [1.29, 1.82) is 0 Å². The van der Waals surface area contributed by atoms with E-state index in [1.165, 1.54) is 31.4 Å². The van der Waals surface area contributed by atoms with Crippen molar-refractivity contribution >= 4 is 0 Å². The van der Waals surface area contributed by atoms with Crippen LogP contribution in [0.2, 0.25) is 0 Å². The van der Waals surface area contributed by atoms with Gasteiger partial charge in [-0.05, 0) is 54.9 Å². The number of rotatable bonds is 10. The third-order valence-corrected chi connectivity index (χ3v) is 7.06. The molecule has 0 bridgehead atoms. The average molecular weight is 515 g/mol. The van der Waals surface area contributed by atoms with Crippen molar-refractivity contribution in [2.45, 2.75) is 64.9 Å². The Labute approximate surface area is 216 Å². The monoisotopic (exact) mass is 514 g/mol. The van der Waals surface area contributed by atoms with Crippen molar-refractivity contribution in [3.8, 4) is 28.0 Å². The smallest absolute Gasteiger partial charge is 0.201 e. The van der Waals surface area contributed by atoms with Crippen LogP contribution in [0.25, 0.3) is 22.3 Å². The van der Waals surface area contributed by atoms with Crippen LogP contribution in [0.1, 0.15) is 70.5 Å². The fourth-order valence-electron chi connectivity index (χ4n) is 4.91. The lowest BCUT2D eigenvalue weighted by Gasteiger charge is -2.29. The molecule has 1 saturated heterocycles. The van der Waals surface area contributed by atoms with Gasteiger partial charge in [0.1, 0.15) is 0 Å². The van der Waals surface area contributed by atoms with Gasteiger partial charge in [0.25, 0.3) is 0 Å². The molecule has 37 heavy (non-hydrogen) atoms. The van der Waals surface area contributed by atoms with Crippen LogP contribution in [-0.4, -0.2) is 13.2 Å². The van der Waals surface area contributed by atoms with Crippen LogP contribution in [0.15, 0.2) is 48.5 Å². The molecular formula is C31H34F4O2. The molecule has 2 unspecified atom stereocenters. The quantitative estimate of drug-likeness (QED) is 0.198. The highest BCUT2D eigenvalue weighted by atomic mass is 19.2. The van der Waals surface area contributed by atoms with Crippen molar-refractivity contribution in [2.75, 3.05) is 13.2 Å². The molecule has 0 spiro atoms. The molecule has 198 valence electrons. The number of hydrogen-bond acceptors (Lipinski definition) is 2. The maximum Gasteiger partial charge on any atom is 0.201 e. The zero-order valence-corrected chi connectivity index (χ0v) is 21.5. The fourth-order valence-corrected chi connectivity index (χ4v) is 4.91. The van der Waals surface area contributed by atoms with Crippen LogP contribution in [-0.2, 0) is 4.74 Å². The summed E-state index contributed by atoms with van der Waals surface area (Å²) in [4.78, 5) is 0. The Morgan fingerprint density at radius 3 is 1.97 bits per heavy atom. The summed E-state index contributed by atoms with van der Waals surface area (Å²) in [5.74, 6) is -3.54. The first kappa shape index (κ1) is 27.2. The summed E-state index contributed by atoms with van der Waals surface area (Å²) in [5.41, 5.74) is 1.28. The molecule has 2 nitrogen and oxygen atoms in total. The molecule has 0 amide bonds. The Morgan fingerprint density at radius 1 is 0.730 bits per heavy atom. The van der Waals surface area contributed by atoms with Crippen LogP contribution in [0.3, 0.4) is 0 Å². The van der Waals surface area contributed by atoms with E-state index in [4.69, 9.17) is 9.47 Å². The van der Waals surface area contributed by atoms with E-state index in [2.05, 4.69) is 6.92 Å². The summed E-state index contributed by atoms with van der Waals surface area (Å²) >= 11 is 0. The van der Waals surface area contributed by atoms with E-state index in [1.54, 1.807) is 36.4 Å². The summed E-state index contributed by atoms with van der Waals surface area (Å²) in [5, 5.41) is 0. The second kappa shape index (κ2) is 12.6. The average Bonchev–Trinajstić information content (AvgIpc) is 2.92. The lowest BCUT2D eigenvalue weighted by Crippen LogP contribution is -2.21. The lowest BCUT2D eigenvalue weighted by molar-refractivity contribution is -0.0218. The minimum Gasteiger partial charge on any atom is -0.490 e. The van der Waals surface area contributed by atoms with Gasteiger partial charge < -0.3 is 9.47 Å². The molecule has 1 fully saturated rings. The molecule has 1 heterocycles. The highest BCUT2D eigenvalue weighted by Gasteiger charge is 2.27. The SMILES string of the molecule is CCCCCC1CCC(c2ccc(-c3ccc(-c4ccc(OCCC)c(F)c4F)cc3)c(F)c2F)OC1. The van der Waals surface area contributed by atoms with Gasteiger partial charge in [-0.15, -0.1) is 0 Å². The van der Waals surface area contributed by atoms with E-state index in [0.29, 0.717) is 36.5 Å². The van der Waals surface area contributed by atoms with Gasteiger partial charge in [0.05, 0.1) is 19.3 Å². The van der Waals surface area contributed by atoms with Crippen molar-refractivity contribution in [3.63, 3.8) is 0 Å². The van der Waals surface area contributed by atoms with E-state index in [1.807, 2.05) is 6.92 Å². The number of hydrogen-bond donors (Lipinski definition) is 0. The molecule has 0 N–H and O–H groups in total. The third-order valence-electron chi connectivity index (χ3n) is 7.06. The van der Waals surface area contributed by atoms with Crippen molar-refractivity contribution in [2.24, 2.45) is 5.92 Å². The maximum absolute atomic E-state index is 15.1. The Hall–Kier alpha value is -2.86. The van der Waals surface area contributed by atoms with Crippen LogP contribution in [0.4, 0.5) is 17.6 Å². The third kappa shape index (κ3) is 6.18. The molecule has 0 saturated carbocycles. The van der Waals surface area contributed by atoms with Crippen LogP contribution < -0.4 is 4.74 Å². The van der Waals surface area contributed by atoms with Gasteiger partial charge in [-0.1, -0.05) is 69.5 Å². The molecule has 0 aliphatic carbocycles. The Kier molecular flexibility index (Phi) is 9.25. The number of ether oxygens (including phenoxy) is 2. The van der Waals surface area contributed by atoms with E-state index in [-0.39, 0.29) is 29.0 Å². The highest BCUT2D eigenvalue weighted by molar-refractivity contribution is 5.71. The van der Waals surface area contributed by atoms with Crippen molar-refractivity contribution < 1.29 is 27.0 Å². The number of halogens is 4. The van der Waals surface area contributed by atoms with Gasteiger partial charge in [0, 0.05) is 16.7 Å². The van der Waals surface area contributed by atoms with Crippen LogP contribution in [0.5, 0.6) is 5.75 Å². The Bertz CT molecular complexity index is 1180. The van der Waals surface area contributed by atoms with Gasteiger partial charge in [-0.3, -0.25) is 0 Å². The molecule has 0 aromatic heterocycles. The fraction of sp³-hybridized carbons (Fsp3) is 0.419. The molecule has 3 aromatic carbocycles. The number of benzene rings is 3. The van der Waals surface area contributed by atoms with E-state index < -0.39 is 29.4 Å². The molecule has 1 aliphatic rings. The van der Waals surface area contributed by atoms with E-state index in [9.17, 15) is 8.78 Å². The molecular weight excluding hydrogens is 480 g/mol. The predicted molar refractivity (Wildman–Crippen MR) is 138 cm³/mol. The van der Waals surface area contributed by atoms with Crippen LogP contribution in [0, 0.1) is 29.2 Å². The van der Waals surface area contributed by atoms with Gasteiger partial charge in [0.2, 0.25) is 5.82 Å².